The Hall–Kier alpha value is -0.860. The van der Waals surface area contributed by atoms with Crippen LogP contribution in [0.5, 0.6) is 0 Å². The van der Waals surface area contributed by atoms with Crippen LogP contribution in [-0.2, 0) is 0 Å². The molecule has 13 heavy (non-hydrogen) atoms. The summed E-state index contributed by atoms with van der Waals surface area (Å²) in [5, 5.41) is 10.7. The molecule has 0 spiro atoms. The lowest BCUT2D eigenvalue weighted by molar-refractivity contribution is 1.05. The van der Waals surface area contributed by atoms with Gasteiger partial charge in [0.15, 0.2) is 0 Å². The molecule has 0 aliphatic carbocycles. The van der Waals surface area contributed by atoms with Crippen molar-refractivity contribution >= 4 is 34.0 Å². The van der Waals surface area contributed by atoms with E-state index in [1.54, 1.807) is 18.5 Å². The topological polar surface area (TPSA) is 25.8 Å². The zero-order valence-electron chi connectivity index (χ0n) is 6.88. The Bertz CT molecular complexity index is 468. The molecule has 1 aromatic carbocycles. The minimum atomic E-state index is 0.555. The Morgan fingerprint density at radius 3 is 2.62 bits per heavy atom. The molecule has 0 aliphatic rings. The van der Waals surface area contributed by atoms with E-state index in [0.717, 1.165) is 16.3 Å². The van der Waals surface area contributed by atoms with E-state index in [-0.39, 0.29) is 0 Å². The molecule has 0 unspecified atom stereocenters. The predicted octanol–water partition coefficient (Wildman–Crippen LogP) is 3.25. The van der Waals surface area contributed by atoms with Crippen LogP contribution >= 0.6 is 23.2 Å². The normalized spacial score (nSPS) is 10.7. The molecule has 0 bridgehead atoms. The van der Waals surface area contributed by atoms with Crippen molar-refractivity contribution in [2.24, 2.45) is 0 Å². The van der Waals surface area contributed by atoms with Gasteiger partial charge in [0.2, 0.25) is 0 Å². The first kappa shape index (κ1) is 8.73. The number of halogens is 2. The van der Waals surface area contributed by atoms with Gasteiger partial charge in [-0.3, -0.25) is 0 Å². The standard InChI is InChI=1S/C9H6Cl2N2/c1-5-7-4-13-12-3-6(7)2-8(10)9(5)11/h2-4H,1H3. The second-order valence-electron chi connectivity index (χ2n) is 2.79. The van der Waals surface area contributed by atoms with E-state index in [9.17, 15) is 0 Å². The van der Waals surface area contributed by atoms with Gasteiger partial charge in [-0.05, 0) is 18.6 Å². The second-order valence-corrected chi connectivity index (χ2v) is 3.57. The summed E-state index contributed by atoms with van der Waals surface area (Å²) >= 11 is 11.9. The average molecular weight is 213 g/mol. The van der Waals surface area contributed by atoms with E-state index in [4.69, 9.17) is 23.2 Å². The van der Waals surface area contributed by atoms with Gasteiger partial charge in [-0.15, -0.1) is 0 Å². The van der Waals surface area contributed by atoms with Gasteiger partial charge in [0, 0.05) is 10.8 Å². The maximum atomic E-state index is 5.98. The van der Waals surface area contributed by atoms with Gasteiger partial charge >= 0.3 is 0 Å². The second kappa shape index (κ2) is 3.13. The van der Waals surface area contributed by atoms with Crippen LogP contribution in [0.25, 0.3) is 10.8 Å². The molecule has 4 heteroatoms. The van der Waals surface area contributed by atoms with Crippen molar-refractivity contribution in [3.8, 4) is 0 Å². The molecule has 1 aromatic heterocycles. The third-order valence-electron chi connectivity index (χ3n) is 1.99. The van der Waals surface area contributed by atoms with Gasteiger partial charge in [-0.25, -0.2) is 0 Å². The highest BCUT2D eigenvalue weighted by molar-refractivity contribution is 6.43. The smallest absolute Gasteiger partial charge is 0.0628 e. The van der Waals surface area contributed by atoms with Crippen molar-refractivity contribution in [1.82, 2.24) is 10.2 Å². The number of aromatic nitrogens is 2. The third kappa shape index (κ3) is 1.36. The number of nitrogens with zero attached hydrogens (tertiary/aromatic N) is 2. The van der Waals surface area contributed by atoms with Crippen LogP contribution in [0.15, 0.2) is 18.5 Å². The van der Waals surface area contributed by atoms with Gasteiger partial charge in [-0.1, -0.05) is 23.2 Å². The van der Waals surface area contributed by atoms with E-state index in [2.05, 4.69) is 10.2 Å². The van der Waals surface area contributed by atoms with Gasteiger partial charge in [0.1, 0.15) is 0 Å². The largest absolute Gasteiger partial charge is 0.158 e. The van der Waals surface area contributed by atoms with E-state index in [0.29, 0.717) is 10.0 Å². The third-order valence-corrected chi connectivity index (χ3v) is 2.87. The fraction of sp³-hybridized carbons (Fsp3) is 0.111. The van der Waals surface area contributed by atoms with Crippen molar-refractivity contribution in [3.05, 3.63) is 34.1 Å². The highest BCUT2D eigenvalue weighted by Gasteiger charge is 2.06. The van der Waals surface area contributed by atoms with Crippen LogP contribution in [0.2, 0.25) is 10.0 Å². The first-order chi connectivity index (χ1) is 6.20. The Labute approximate surface area is 85.5 Å². The minimum absolute atomic E-state index is 0.555. The van der Waals surface area contributed by atoms with Crippen LogP contribution in [0.3, 0.4) is 0 Å². The number of hydrogen-bond donors (Lipinski definition) is 0. The van der Waals surface area contributed by atoms with E-state index < -0.39 is 0 Å². The molecule has 1 heterocycles. The summed E-state index contributed by atoms with van der Waals surface area (Å²) in [6.07, 6.45) is 3.36. The number of aryl methyl sites for hydroxylation is 1. The first-order valence-electron chi connectivity index (χ1n) is 3.75. The Kier molecular flexibility index (Phi) is 2.10. The average Bonchev–Trinajstić information content (AvgIpc) is 2.15. The van der Waals surface area contributed by atoms with Gasteiger partial charge in [0.25, 0.3) is 0 Å². The molecule has 0 radical (unpaired) electrons. The lowest BCUT2D eigenvalue weighted by atomic mass is 10.1. The number of benzene rings is 1. The highest BCUT2D eigenvalue weighted by atomic mass is 35.5. The van der Waals surface area contributed by atoms with Gasteiger partial charge < -0.3 is 0 Å². The number of rotatable bonds is 0. The molecular formula is C9H6Cl2N2. The van der Waals surface area contributed by atoms with Crippen molar-refractivity contribution < 1.29 is 0 Å². The molecule has 0 N–H and O–H groups in total. The van der Waals surface area contributed by atoms with Crippen LogP contribution in [0.1, 0.15) is 5.56 Å². The summed E-state index contributed by atoms with van der Waals surface area (Å²) in [6.45, 7) is 1.91. The highest BCUT2D eigenvalue weighted by Crippen LogP contribution is 2.31. The SMILES string of the molecule is Cc1c(Cl)c(Cl)cc2cnncc12. The molecule has 2 aromatic rings. The summed E-state index contributed by atoms with van der Waals surface area (Å²) in [5.74, 6) is 0. The number of hydrogen-bond acceptors (Lipinski definition) is 2. The molecule has 0 atom stereocenters. The van der Waals surface area contributed by atoms with E-state index in [1.807, 2.05) is 6.92 Å². The van der Waals surface area contributed by atoms with Crippen molar-refractivity contribution in [2.75, 3.05) is 0 Å². The summed E-state index contributed by atoms with van der Waals surface area (Å²) < 4.78 is 0. The maximum absolute atomic E-state index is 5.98. The molecule has 0 fully saturated rings. The summed E-state index contributed by atoms with van der Waals surface area (Å²) in [7, 11) is 0. The van der Waals surface area contributed by atoms with E-state index >= 15 is 0 Å². The molecule has 0 amide bonds. The lowest BCUT2D eigenvalue weighted by Crippen LogP contribution is -1.85. The van der Waals surface area contributed by atoms with Crippen LogP contribution in [-0.4, -0.2) is 10.2 Å². The summed E-state index contributed by atoms with van der Waals surface area (Å²) in [4.78, 5) is 0. The minimum Gasteiger partial charge on any atom is -0.158 e. The molecule has 0 aliphatic heterocycles. The molecule has 0 saturated heterocycles. The van der Waals surface area contributed by atoms with Crippen molar-refractivity contribution in [2.45, 2.75) is 6.92 Å². The Morgan fingerprint density at radius 1 is 1.15 bits per heavy atom. The summed E-state index contributed by atoms with van der Waals surface area (Å²) in [5.41, 5.74) is 0.944. The van der Waals surface area contributed by atoms with Crippen molar-refractivity contribution in [1.29, 1.82) is 0 Å². The van der Waals surface area contributed by atoms with Crippen molar-refractivity contribution in [3.63, 3.8) is 0 Å². The molecule has 66 valence electrons. The zero-order chi connectivity index (χ0) is 9.42. The van der Waals surface area contributed by atoms with E-state index in [1.165, 1.54) is 0 Å². The molecular weight excluding hydrogens is 207 g/mol. The van der Waals surface area contributed by atoms with Crippen LogP contribution < -0.4 is 0 Å². The predicted molar refractivity (Wildman–Crippen MR) is 54.3 cm³/mol. The lowest BCUT2D eigenvalue weighted by Gasteiger charge is -2.04. The quantitative estimate of drug-likeness (QED) is 0.671. The fourth-order valence-electron chi connectivity index (χ4n) is 1.26. The Balaban J connectivity index is 2.94. The zero-order valence-corrected chi connectivity index (χ0v) is 8.39. The first-order valence-corrected chi connectivity index (χ1v) is 4.50. The van der Waals surface area contributed by atoms with Gasteiger partial charge in [0.05, 0.1) is 22.4 Å². The summed E-state index contributed by atoms with van der Waals surface area (Å²) in [6, 6.07) is 1.79. The molecule has 0 saturated carbocycles. The molecule has 2 rings (SSSR count). The maximum Gasteiger partial charge on any atom is 0.0628 e. The molecule has 2 nitrogen and oxygen atoms in total. The fourth-order valence-corrected chi connectivity index (χ4v) is 1.67. The van der Waals surface area contributed by atoms with Gasteiger partial charge in [-0.2, -0.15) is 10.2 Å². The monoisotopic (exact) mass is 212 g/mol. The van der Waals surface area contributed by atoms with Crippen LogP contribution in [0, 0.1) is 6.92 Å². The number of fused-ring (bicyclic) bond motifs is 1. The van der Waals surface area contributed by atoms with Crippen LogP contribution in [0.4, 0.5) is 0 Å². The Morgan fingerprint density at radius 2 is 1.85 bits per heavy atom.